The van der Waals surface area contributed by atoms with Gasteiger partial charge in [0.25, 0.3) is 0 Å². The Labute approximate surface area is 157 Å². The molecule has 3 heteroatoms. The highest BCUT2D eigenvalue weighted by molar-refractivity contribution is 5.72. The number of benzene rings is 1. The van der Waals surface area contributed by atoms with Crippen LogP contribution in [0.15, 0.2) is 24.3 Å². The first kappa shape index (κ1) is 17.9. The summed E-state index contributed by atoms with van der Waals surface area (Å²) in [6, 6.07) is 8.88. The lowest BCUT2D eigenvalue weighted by molar-refractivity contribution is -0.146. The largest absolute Gasteiger partial charge is 0.494 e. The zero-order valence-electron chi connectivity index (χ0n) is 16.2. The van der Waals surface area contributed by atoms with Crippen LogP contribution < -0.4 is 4.74 Å². The van der Waals surface area contributed by atoms with E-state index in [-0.39, 0.29) is 11.9 Å². The van der Waals surface area contributed by atoms with Gasteiger partial charge in [-0.15, -0.1) is 0 Å². The first-order valence-corrected chi connectivity index (χ1v) is 10.4. The Morgan fingerprint density at radius 3 is 2.15 bits per heavy atom. The summed E-state index contributed by atoms with van der Waals surface area (Å²) in [4.78, 5) is 11.7. The Bertz CT molecular complexity index is 598. The zero-order valence-corrected chi connectivity index (χ0v) is 16.2. The molecule has 4 saturated carbocycles. The maximum absolute atomic E-state index is 11.7. The predicted molar refractivity (Wildman–Crippen MR) is 102 cm³/mol. The van der Waals surface area contributed by atoms with Gasteiger partial charge in [0.2, 0.25) is 0 Å². The van der Waals surface area contributed by atoms with E-state index in [1.165, 1.54) is 51.2 Å². The average Bonchev–Trinajstić information content (AvgIpc) is 2.64. The van der Waals surface area contributed by atoms with E-state index < -0.39 is 0 Å². The first-order valence-electron chi connectivity index (χ1n) is 10.4. The van der Waals surface area contributed by atoms with Gasteiger partial charge in [-0.05, 0) is 92.2 Å². The SMILES string of the molecule is CCC(CCOc1ccc(C23CC4CC(CC(C4)C2)C3)cc1)C(=O)OC. The number of carbonyl (C=O) groups excluding carboxylic acids is 1. The second kappa shape index (κ2) is 7.25. The summed E-state index contributed by atoms with van der Waals surface area (Å²) >= 11 is 0. The molecule has 142 valence electrons. The van der Waals surface area contributed by atoms with Crippen molar-refractivity contribution < 1.29 is 14.3 Å². The van der Waals surface area contributed by atoms with Crippen molar-refractivity contribution in [2.45, 2.75) is 63.7 Å². The molecule has 0 heterocycles. The summed E-state index contributed by atoms with van der Waals surface area (Å²) < 4.78 is 10.7. The molecule has 0 aliphatic heterocycles. The van der Waals surface area contributed by atoms with Crippen LogP contribution in [-0.4, -0.2) is 19.7 Å². The third-order valence-electron chi connectivity index (χ3n) is 7.27. The number of ether oxygens (including phenoxy) is 2. The fraction of sp³-hybridized carbons (Fsp3) is 0.696. The van der Waals surface area contributed by atoms with E-state index >= 15 is 0 Å². The number of carbonyl (C=O) groups is 1. The quantitative estimate of drug-likeness (QED) is 0.636. The maximum Gasteiger partial charge on any atom is 0.308 e. The molecule has 1 aromatic rings. The number of methoxy groups -OCH3 is 1. The molecular formula is C23H32O3. The molecule has 1 aromatic carbocycles. The molecule has 0 N–H and O–H groups in total. The highest BCUT2D eigenvalue weighted by atomic mass is 16.5. The molecule has 4 aliphatic carbocycles. The topological polar surface area (TPSA) is 35.5 Å². The van der Waals surface area contributed by atoms with Gasteiger partial charge in [-0.3, -0.25) is 4.79 Å². The summed E-state index contributed by atoms with van der Waals surface area (Å²) in [5.74, 6) is 3.64. The monoisotopic (exact) mass is 356 g/mol. The van der Waals surface area contributed by atoms with E-state index in [1.807, 2.05) is 6.92 Å². The van der Waals surface area contributed by atoms with Crippen LogP contribution in [0, 0.1) is 23.7 Å². The van der Waals surface area contributed by atoms with Gasteiger partial charge in [0.05, 0.1) is 19.6 Å². The maximum atomic E-state index is 11.7. The van der Waals surface area contributed by atoms with Crippen molar-refractivity contribution in [3.63, 3.8) is 0 Å². The van der Waals surface area contributed by atoms with E-state index in [1.54, 1.807) is 0 Å². The molecule has 0 amide bonds. The first-order chi connectivity index (χ1) is 12.6. The number of esters is 1. The van der Waals surface area contributed by atoms with E-state index in [0.717, 1.165) is 29.9 Å². The lowest BCUT2D eigenvalue weighted by Crippen LogP contribution is -2.48. The smallest absolute Gasteiger partial charge is 0.308 e. The molecular weight excluding hydrogens is 324 g/mol. The molecule has 1 unspecified atom stereocenters. The summed E-state index contributed by atoms with van der Waals surface area (Å²) in [7, 11) is 1.45. The Balaban J connectivity index is 1.36. The van der Waals surface area contributed by atoms with Gasteiger partial charge in [-0.25, -0.2) is 0 Å². The summed E-state index contributed by atoms with van der Waals surface area (Å²) in [5, 5.41) is 0. The van der Waals surface area contributed by atoms with Crippen molar-refractivity contribution in [2.24, 2.45) is 23.7 Å². The Morgan fingerprint density at radius 2 is 1.65 bits per heavy atom. The molecule has 4 fully saturated rings. The molecule has 5 rings (SSSR count). The van der Waals surface area contributed by atoms with E-state index in [4.69, 9.17) is 9.47 Å². The lowest BCUT2D eigenvalue weighted by Gasteiger charge is -2.57. The minimum absolute atomic E-state index is 0.0636. The number of rotatable bonds is 7. The fourth-order valence-corrected chi connectivity index (χ4v) is 6.34. The van der Waals surface area contributed by atoms with E-state index in [9.17, 15) is 4.79 Å². The average molecular weight is 357 g/mol. The normalized spacial score (nSPS) is 33.1. The molecule has 3 nitrogen and oxygen atoms in total. The van der Waals surface area contributed by atoms with Gasteiger partial charge in [-0.2, -0.15) is 0 Å². The number of hydrogen-bond acceptors (Lipinski definition) is 3. The minimum Gasteiger partial charge on any atom is -0.494 e. The lowest BCUT2D eigenvalue weighted by atomic mass is 9.48. The van der Waals surface area contributed by atoms with Crippen molar-refractivity contribution in [3.05, 3.63) is 29.8 Å². The fourth-order valence-electron chi connectivity index (χ4n) is 6.34. The molecule has 0 spiro atoms. The van der Waals surface area contributed by atoms with Gasteiger partial charge >= 0.3 is 5.97 Å². The van der Waals surface area contributed by atoms with Crippen LogP contribution in [0.3, 0.4) is 0 Å². The van der Waals surface area contributed by atoms with Gasteiger partial charge in [-0.1, -0.05) is 19.1 Å². The summed E-state index contributed by atoms with van der Waals surface area (Å²) in [6.45, 7) is 2.58. The second-order valence-electron chi connectivity index (χ2n) is 8.99. The van der Waals surface area contributed by atoms with Crippen molar-refractivity contribution in [1.82, 2.24) is 0 Å². The summed E-state index contributed by atoms with van der Waals surface area (Å²) in [6.07, 6.45) is 10.2. The minimum atomic E-state index is -0.131. The van der Waals surface area contributed by atoms with E-state index in [2.05, 4.69) is 24.3 Å². The van der Waals surface area contributed by atoms with Gasteiger partial charge in [0.15, 0.2) is 0 Å². The van der Waals surface area contributed by atoms with Crippen LogP contribution in [0.1, 0.15) is 63.9 Å². The Kier molecular flexibility index (Phi) is 4.98. The van der Waals surface area contributed by atoms with Crippen molar-refractivity contribution in [1.29, 1.82) is 0 Å². The second-order valence-corrected chi connectivity index (χ2v) is 8.99. The molecule has 26 heavy (non-hydrogen) atoms. The summed E-state index contributed by atoms with van der Waals surface area (Å²) in [5.41, 5.74) is 1.98. The zero-order chi connectivity index (χ0) is 18.1. The van der Waals surface area contributed by atoms with Crippen molar-refractivity contribution in [2.75, 3.05) is 13.7 Å². The van der Waals surface area contributed by atoms with Crippen LogP contribution >= 0.6 is 0 Å². The molecule has 1 atom stereocenters. The molecule has 0 saturated heterocycles. The van der Waals surface area contributed by atoms with Crippen LogP contribution in [0.2, 0.25) is 0 Å². The van der Waals surface area contributed by atoms with Crippen LogP contribution in [0.5, 0.6) is 5.75 Å². The standard InChI is InChI=1S/C23H32O3/c1-3-19(22(24)25-2)8-9-26-21-6-4-20(5-7-21)23-13-16-10-17(14-23)12-18(11-16)15-23/h4-7,16-19H,3,8-15H2,1-2H3. The third-order valence-corrected chi connectivity index (χ3v) is 7.27. The number of hydrogen-bond donors (Lipinski definition) is 0. The molecule has 0 aromatic heterocycles. The highest BCUT2D eigenvalue weighted by Gasteiger charge is 2.51. The van der Waals surface area contributed by atoms with Crippen molar-refractivity contribution in [3.8, 4) is 5.75 Å². The predicted octanol–water partition coefficient (Wildman–Crippen LogP) is 5.12. The van der Waals surface area contributed by atoms with Crippen molar-refractivity contribution >= 4 is 5.97 Å². The van der Waals surface area contributed by atoms with Gasteiger partial charge < -0.3 is 9.47 Å². The Morgan fingerprint density at radius 1 is 1.08 bits per heavy atom. The third kappa shape index (κ3) is 3.37. The highest BCUT2D eigenvalue weighted by Crippen LogP contribution is 2.60. The molecule has 4 bridgehead atoms. The van der Waals surface area contributed by atoms with Crippen LogP contribution in [-0.2, 0) is 14.9 Å². The molecule has 4 aliphatic rings. The van der Waals surface area contributed by atoms with Crippen LogP contribution in [0.4, 0.5) is 0 Å². The van der Waals surface area contributed by atoms with Gasteiger partial charge in [0, 0.05) is 0 Å². The van der Waals surface area contributed by atoms with Gasteiger partial charge in [0.1, 0.15) is 5.75 Å². The van der Waals surface area contributed by atoms with E-state index in [0.29, 0.717) is 18.4 Å². The molecule has 0 radical (unpaired) electrons. The van der Waals surface area contributed by atoms with Crippen LogP contribution in [0.25, 0.3) is 0 Å². The Hall–Kier alpha value is -1.51.